The number of hydrogen-bond donors (Lipinski definition) is 3. The standard InChI is InChI=1S/C18H16N8O3/c19-18-21-16-15(22-26(23-16)14-2-1-7-27-14)17-20-10-24(25(17)18)6-5-11-3-4-12-9-28-29-13(12)8-11/h1-4,7-8,10,22H,5-6,9H2,(H2,19,21,23). The van der Waals surface area contributed by atoms with Gasteiger partial charge in [0.1, 0.15) is 18.6 Å². The summed E-state index contributed by atoms with van der Waals surface area (Å²) < 4.78 is 8.93. The first-order valence-corrected chi connectivity index (χ1v) is 9.07. The molecule has 146 valence electrons. The first-order valence-electron chi connectivity index (χ1n) is 9.07. The number of fused-ring (bicyclic) bond motifs is 4. The number of hydrogen-bond acceptors (Lipinski definition) is 9. The van der Waals surface area contributed by atoms with E-state index in [2.05, 4.69) is 26.9 Å². The van der Waals surface area contributed by atoms with Crippen LogP contribution in [0, 0.1) is 5.41 Å². The largest absolute Gasteiger partial charge is 0.446 e. The van der Waals surface area contributed by atoms with Crippen LogP contribution in [0.25, 0.3) is 5.65 Å². The van der Waals surface area contributed by atoms with Crippen LogP contribution in [0.4, 0.5) is 17.4 Å². The summed E-state index contributed by atoms with van der Waals surface area (Å²) >= 11 is 0. The van der Waals surface area contributed by atoms with Gasteiger partial charge in [0, 0.05) is 18.2 Å². The molecule has 0 aliphatic carbocycles. The third-order valence-corrected chi connectivity index (χ3v) is 4.94. The Morgan fingerprint density at radius 2 is 2.17 bits per heavy atom. The summed E-state index contributed by atoms with van der Waals surface area (Å²) in [6, 6.07) is 9.66. The number of aromatic nitrogens is 4. The number of anilines is 3. The second-order valence-electron chi connectivity index (χ2n) is 6.75. The molecule has 0 bridgehead atoms. The van der Waals surface area contributed by atoms with Crippen molar-refractivity contribution in [3.8, 4) is 5.75 Å². The SMILES string of the molecule is N=c1nc2c(c3ncn(CCc4ccc5c(c4)OOC5)n13)NN(c1ccco1)N2. The minimum atomic E-state index is 0.0810. The lowest BCUT2D eigenvalue weighted by Gasteiger charge is -2.13. The lowest BCUT2D eigenvalue weighted by molar-refractivity contribution is -0.194. The van der Waals surface area contributed by atoms with Crippen molar-refractivity contribution in [1.29, 1.82) is 5.41 Å². The molecule has 0 fully saturated rings. The molecule has 0 saturated heterocycles. The number of nitrogens with zero attached hydrogens (tertiary/aromatic N) is 5. The molecule has 4 aromatic rings. The van der Waals surface area contributed by atoms with Crippen molar-refractivity contribution >= 4 is 23.0 Å². The molecule has 2 aliphatic rings. The predicted molar refractivity (Wildman–Crippen MR) is 101 cm³/mol. The third kappa shape index (κ3) is 2.51. The van der Waals surface area contributed by atoms with Crippen LogP contribution in [0.2, 0.25) is 0 Å². The van der Waals surface area contributed by atoms with Gasteiger partial charge in [-0.3, -0.25) is 20.9 Å². The van der Waals surface area contributed by atoms with Crippen LogP contribution in [0.1, 0.15) is 11.1 Å². The van der Waals surface area contributed by atoms with Gasteiger partial charge in [0.15, 0.2) is 17.2 Å². The van der Waals surface area contributed by atoms with Crippen LogP contribution in [0.15, 0.2) is 47.3 Å². The molecule has 0 unspecified atom stereocenters. The van der Waals surface area contributed by atoms with Crippen molar-refractivity contribution in [2.75, 3.05) is 16.0 Å². The number of nitrogens with one attached hydrogen (secondary N) is 3. The predicted octanol–water partition coefficient (Wildman–Crippen LogP) is 1.84. The minimum absolute atomic E-state index is 0.0810. The number of hydrazine groups is 2. The molecule has 0 spiro atoms. The van der Waals surface area contributed by atoms with Crippen molar-refractivity contribution in [2.45, 2.75) is 19.6 Å². The Kier molecular flexibility index (Phi) is 3.32. The Morgan fingerprint density at radius 1 is 1.21 bits per heavy atom. The zero-order chi connectivity index (χ0) is 19.4. The number of furan rings is 1. The van der Waals surface area contributed by atoms with Gasteiger partial charge in [-0.2, -0.15) is 19.5 Å². The molecule has 6 rings (SSSR count). The van der Waals surface area contributed by atoms with E-state index in [1.54, 1.807) is 28.3 Å². The summed E-state index contributed by atoms with van der Waals surface area (Å²) in [7, 11) is 0. The van der Waals surface area contributed by atoms with Crippen LogP contribution in [-0.2, 0) is 24.5 Å². The van der Waals surface area contributed by atoms with Crippen molar-refractivity contribution in [3.05, 3.63) is 59.7 Å². The van der Waals surface area contributed by atoms with E-state index in [4.69, 9.17) is 19.6 Å². The molecule has 0 amide bonds. The van der Waals surface area contributed by atoms with E-state index >= 15 is 0 Å². The minimum Gasteiger partial charge on any atom is -0.446 e. The van der Waals surface area contributed by atoms with E-state index in [0.29, 0.717) is 36.2 Å². The van der Waals surface area contributed by atoms with Gasteiger partial charge in [-0.25, -0.2) is 4.98 Å². The highest BCUT2D eigenvalue weighted by Gasteiger charge is 2.26. The highest BCUT2D eigenvalue weighted by molar-refractivity contribution is 5.85. The Balaban J connectivity index is 1.30. The van der Waals surface area contributed by atoms with Gasteiger partial charge in [0.05, 0.1) is 6.26 Å². The second-order valence-corrected chi connectivity index (χ2v) is 6.75. The lowest BCUT2D eigenvalue weighted by Crippen LogP contribution is -2.29. The summed E-state index contributed by atoms with van der Waals surface area (Å²) in [6.07, 6.45) is 4.04. The molecule has 1 aromatic carbocycles. The lowest BCUT2D eigenvalue weighted by atomic mass is 10.1. The summed E-state index contributed by atoms with van der Waals surface area (Å²) in [5, 5.41) is 9.96. The maximum absolute atomic E-state index is 8.36. The molecule has 5 heterocycles. The van der Waals surface area contributed by atoms with Gasteiger partial charge < -0.3 is 9.30 Å². The summed E-state index contributed by atoms with van der Waals surface area (Å²) in [5.74, 6) is 1.86. The topological polar surface area (TPSA) is 118 Å². The number of benzene rings is 1. The molecule has 0 radical (unpaired) electrons. The van der Waals surface area contributed by atoms with Crippen molar-refractivity contribution in [3.63, 3.8) is 0 Å². The van der Waals surface area contributed by atoms with Gasteiger partial charge in [-0.05, 0) is 24.1 Å². The van der Waals surface area contributed by atoms with Crippen LogP contribution < -0.4 is 26.5 Å². The first kappa shape index (κ1) is 16.0. The zero-order valence-corrected chi connectivity index (χ0v) is 15.1. The molecule has 0 saturated carbocycles. The maximum Gasteiger partial charge on any atom is 0.245 e. The van der Waals surface area contributed by atoms with Crippen molar-refractivity contribution in [2.24, 2.45) is 0 Å². The molecule has 0 atom stereocenters. The van der Waals surface area contributed by atoms with Gasteiger partial charge in [-0.15, -0.1) is 0 Å². The molecular weight excluding hydrogens is 376 g/mol. The van der Waals surface area contributed by atoms with E-state index in [1.807, 2.05) is 22.9 Å². The average molecular weight is 392 g/mol. The third-order valence-electron chi connectivity index (χ3n) is 4.94. The summed E-state index contributed by atoms with van der Waals surface area (Å²) in [6.45, 7) is 1.11. The van der Waals surface area contributed by atoms with E-state index in [-0.39, 0.29) is 5.62 Å². The second kappa shape index (κ2) is 6.01. The molecule has 11 nitrogen and oxygen atoms in total. The van der Waals surface area contributed by atoms with Gasteiger partial charge >= 0.3 is 0 Å². The van der Waals surface area contributed by atoms with Gasteiger partial charge in [0.2, 0.25) is 11.5 Å². The van der Waals surface area contributed by atoms with E-state index < -0.39 is 0 Å². The Morgan fingerprint density at radius 3 is 3.07 bits per heavy atom. The fourth-order valence-corrected chi connectivity index (χ4v) is 3.50. The maximum atomic E-state index is 8.36. The van der Waals surface area contributed by atoms with Crippen LogP contribution in [0.5, 0.6) is 5.75 Å². The van der Waals surface area contributed by atoms with E-state index in [1.165, 1.54) is 0 Å². The molecule has 11 heteroatoms. The van der Waals surface area contributed by atoms with Crippen molar-refractivity contribution in [1.82, 2.24) is 19.2 Å². The number of rotatable bonds is 4. The van der Waals surface area contributed by atoms with Crippen LogP contribution >= 0.6 is 0 Å². The van der Waals surface area contributed by atoms with Crippen molar-refractivity contribution < 1.29 is 14.2 Å². The summed E-state index contributed by atoms with van der Waals surface area (Å²) in [5.41, 5.74) is 9.77. The van der Waals surface area contributed by atoms with Crippen LogP contribution in [-0.4, -0.2) is 19.2 Å². The fourth-order valence-electron chi connectivity index (χ4n) is 3.50. The molecule has 29 heavy (non-hydrogen) atoms. The normalized spacial score (nSPS) is 14.4. The Hall–Kier alpha value is -3.99. The smallest absolute Gasteiger partial charge is 0.245 e. The first-order chi connectivity index (χ1) is 14.3. The highest BCUT2D eigenvalue weighted by Crippen LogP contribution is 2.31. The number of aryl methyl sites for hydroxylation is 2. The molecular formula is C18H16N8O3. The van der Waals surface area contributed by atoms with Crippen LogP contribution in [0.3, 0.4) is 0 Å². The zero-order valence-electron chi connectivity index (χ0n) is 15.1. The Bertz CT molecular complexity index is 1280. The molecule has 3 aromatic heterocycles. The van der Waals surface area contributed by atoms with E-state index in [9.17, 15) is 0 Å². The fraction of sp³-hybridized carbons (Fsp3) is 0.167. The van der Waals surface area contributed by atoms with Gasteiger partial charge in [-0.1, -0.05) is 12.1 Å². The highest BCUT2D eigenvalue weighted by atomic mass is 17.2. The Labute approximate surface area is 163 Å². The van der Waals surface area contributed by atoms with E-state index in [0.717, 1.165) is 23.3 Å². The molecule has 2 aliphatic heterocycles. The van der Waals surface area contributed by atoms with Gasteiger partial charge in [0.25, 0.3) is 0 Å². The molecule has 3 N–H and O–H groups in total. The quantitative estimate of drug-likeness (QED) is 0.450. The summed E-state index contributed by atoms with van der Waals surface area (Å²) in [4.78, 5) is 19.0. The average Bonchev–Trinajstić information content (AvgIpc) is 3.51. The monoisotopic (exact) mass is 392 g/mol.